The van der Waals surface area contributed by atoms with Gasteiger partial charge in [0, 0.05) is 23.7 Å². The SMILES string of the molecule is CC(C)CC(=O)NC(=S)Nc1cccc2ncccc12. The first-order valence-corrected chi connectivity index (χ1v) is 6.91. The van der Waals surface area contributed by atoms with Gasteiger partial charge < -0.3 is 10.6 Å². The monoisotopic (exact) mass is 287 g/mol. The van der Waals surface area contributed by atoms with Gasteiger partial charge in [0.1, 0.15) is 0 Å². The second kappa shape index (κ2) is 6.43. The van der Waals surface area contributed by atoms with Crippen LogP contribution in [0, 0.1) is 5.92 Å². The van der Waals surface area contributed by atoms with Crippen molar-refractivity contribution in [3.63, 3.8) is 0 Å². The van der Waals surface area contributed by atoms with Gasteiger partial charge in [0.25, 0.3) is 0 Å². The molecule has 2 aromatic rings. The molecule has 1 aromatic carbocycles. The van der Waals surface area contributed by atoms with Crippen LogP contribution in [0.5, 0.6) is 0 Å². The third kappa shape index (κ3) is 3.74. The lowest BCUT2D eigenvalue weighted by Crippen LogP contribution is -2.34. The predicted molar refractivity (Wildman–Crippen MR) is 85.6 cm³/mol. The van der Waals surface area contributed by atoms with Gasteiger partial charge >= 0.3 is 0 Å². The van der Waals surface area contributed by atoms with Crippen molar-refractivity contribution in [1.29, 1.82) is 0 Å². The number of hydrogen-bond donors (Lipinski definition) is 2. The van der Waals surface area contributed by atoms with Crippen molar-refractivity contribution in [1.82, 2.24) is 10.3 Å². The topological polar surface area (TPSA) is 54.0 Å². The molecule has 4 nitrogen and oxygen atoms in total. The Morgan fingerprint density at radius 1 is 1.30 bits per heavy atom. The number of pyridine rings is 1. The van der Waals surface area contributed by atoms with E-state index in [2.05, 4.69) is 15.6 Å². The maximum absolute atomic E-state index is 11.7. The highest BCUT2D eigenvalue weighted by Gasteiger charge is 2.08. The number of amides is 1. The molecule has 1 amide bonds. The van der Waals surface area contributed by atoms with Crippen molar-refractivity contribution in [3.05, 3.63) is 36.5 Å². The summed E-state index contributed by atoms with van der Waals surface area (Å²) in [5.74, 6) is 0.232. The first-order chi connectivity index (χ1) is 9.56. The molecule has 2 rings (SSSR count). The average molecular weight is 287 g/mol. The van der Waals surface area contributed by atoms with E-state index in [1.807, 2.05) is 44.2 Å². The van der Waals surface area contributed by atoms with Gasteiger partial charge in [-0.05, 0) is 42.4 Å². The standard InChI is InChI=1S/C15H17N3OS/c1-10(2)9-14(19)18-15(20)17-13-7-3-6-12-11(13)5-4-8-16-12/h3-8,10H,9H2,1-2H3,(H2,17,18,19,20). The van der Waals surface area contributed by atoms with E-state index in [1.165, 1.54) is 0 Å². The fourth-order valence-corrected chi connectivity index (χ4v) is 2.14. The van der Waals surface area contributed by atoms with Crippen molar-refractivity contribution < 1.29 is 4.79 Å². The molecular weight excluding hydrogens is 270 g/mol. The molecule has 0 aliphatic heterocycles. The number of nitrogens with zero attached hydrogens (tertiary/aromatic N) is 1. The molecule has 0 spiro atoms. The predicted octanol–water partition coefficient (Wildman–Crippen LogP) is 3.09. The molecule has 1 heterocycles. The number of carbonyl (C=O) groups is 1. The number of nitrogens with one attached hydrogen (secondary N) is 2. The first kappa shape index (κ1) is 14.4. The maximum Gasteiger partial charge on any atom is 0.226 e. The lowest BCUT2D eigenvalue weighted by molar-refractivity contribution is -0.120. The second-order valence-corrected chi connectivity index (χ2v) is 5.38. The number of thiocarbonyl (C=S) groups is 1. The molecule has 5 heteroatoms. The second-order valence-electron chi connectivity index (χ2n) is 4.98. The summed E-state index contributed by atoms with van der Waals surface area (Å²) in [5.41, 5.74) is 1.72. The number of carbonyl (C=O) groups excluding carboxylic acids is 1. The molecule has 0 atom stereocenters. The normalized spacial score (nSPS) is 10.6. The molecule has 0 saturated carbocycles. The largest absolute Gasteiger partial charge is 0.332 e. The minimum atomic E-state index is -0.0733. The summed E-state index contributed by atoms with van der Waals surface area (Å²) >= 11 is 5.16. The summed E-state index contributed by atoms with van der Waals surface area (Å²) in [5, 5.41) is 7.01. The molecule has 20 heavy (non-hydrogen) atoms. The van der Waals surface area contributed by atoms with Crippen LogP contribution in [0.3, 0.4) is 0 Å². The van der Waals surface area contributed by atoms with Gasteiger partial charge in [-0.1, -0.05) is 19.9 Å². The molecule has 0 unspecified atom stereocenters. The summed E-state index contributed by atoms with van der Waals surface area (Å²) in [7, 11) is 0. The van der Waals surface area contributed by atoms with Gasteiger partial charge in [-0.15, -0.1) is 0 Å². The number of aromatic nitrogens is 1. The van der Waals surface area contributed by atoms with Crippen LogP contribution >= 0.6 is 12.2 Å². The van der Waals surface area contributed by atoms with Crippen LogP contribution < -0.4 is 10.6 Å². The number of hydrogen-bond acceptors (Lipinski definition) is 3. The van der Waals surface area contributed by atoms with Crippen LogP contribution in [0.1, 0.15) is 20.3 Å². The Kier molecular flexibility index (Phi) is 4.63. The van der Waals surface area contributed by atoms with Crippen LogP contribution in [-0.4, -0.2) is 16.0 Å². The number of benzene rings is 1. The summed E-state index contributed by atoms with van der Waals surface area (Å²) in [6.07, 6.45) is 2.20. The van der Waals surface area contributed by atoms with Gasteiger partial charge in [-0.2, -0.15) is 0 Å². The van der Waals surface area contributed by atoms with Crippen LogP contribution in [0.4, 0.5) is 5.69 Å². The van der Waals surface area contributed by atoms with Crippen LogP contribution in [0.15, 0.2) is 36.5 Å². The molecule has 0 bridgehead atoms. The molecule has 0 saturated heterocycles. The molecule has 1 aromatic heterocycles. The van der Waals surface area contributed by atoms with Gasteiger partial charge in [-0.3, -0.25) is 9.78 Å². The molecule has 0 fully saturated rings. The fourth-order valence-electron chi connectivity index (χ4n) is 1.91. The molecule has 2 N–H and O–H groups in total. The Morgan fingerprint density at radius 3 is 2.85 bits per heavy atom. The highest BCUT2D eigenvalue weighted by molar-refractivity contribution is 7.80. The Bertz CT molecular complexity index is 635. The van der Waals surface area contributed by atoms with Crippen molar-refractivity contribution in [2.24, 2.45) is 5.92 Å². The Balaban J connectivity index is 2.08. The lowest BCUT2D eigenvalue weighted by Gasteiger charge is -2.12. The van der Waals surface area contributed by atoms with Crippen molar-refractivity contribution in [2.45, 2.75) is 20.3 Å². The van der Waals surface area contributed by atoms with Crippen LogP contribution in [0.2, 0.25) is 0 Å². The van der Waals surface area contributed by atoms with Gasteiger partial charge in [0.15, 0.2) is 5.11 Å². The van der Waals surface area contributed by atoms with E-state index >= 15 is 0 Å². The summed E-state index contributed by atoms with van der Waals surface area (Å²) in [6.45, 7) is 3.98. The van der Waals surface area contributed by atoms with Gasteiger partial charge in [0.05, 0.1) is 5.52 Å². The van der Waals surface area contributed by atoms with Crippen molar-refractivity contribution >= 4 is 39.8 Å². The van der Waals surface area contributed by atoms with Gasteiger partial charge in [-0.25, -0.2) is 0 Å². The smallest absolute Gasteiger partial charge is 0.226 e. The number of anilines is 1. The van der Waals surface area contributed by atoms with Crippen molar-refractivity contribution in [3.8, 4) is 0 Å². The summed E-state index contributed by atoms with van der Waals surface area (Å²) in [4.78, 5) is 15.9. The highest BCUT2D eigenvalue weighted by atomic mass is 32.1. The molecular formula is C15H17N3OS. The van der Waals surface area contributed by atoms with E-state index in [0.717, 1.165) is 16.6 Å². The Labute approximate surface area is 123 Å². The minimum Gasteiger partial charge on any atom is -0.332 e. The van der Waals surface area contributed by atoms with E-state index in [1.54, 1.807) is 6.20 Å². The zero-order valence-corrected chi connectivity index (χ0v) is 12.3. The summed E-state index contributed by atoms with van der Waals surface area (Å²) < 4.78 is 0. The zero-order chi connectivity index (χ0) is 14.5. The van der Waals surface area contributed by atoms with Crippen LogP contribution in [-0.2, 0) is 4.79 Å². The van der Waals surface area contributed by atoms with E-state index in [0.29, 0.717) is 17.5 Å². The van der Waals surface area contributed by atoms with Crippen molar-refractivity contribution in [2.75, 3.05) is 5.32 Å². The first-order valence-electron chi connectivity index (χ1n) is 6.51. The number of fused-ring (bicyclic) bond motifs is 1. The lowest BCUT2D eigenvalue weighted by atomic mass is 10.1. The highest BCUT2D eigenvalue weighted by Crippen LogP contribution is 2.21. The minimum absolute atomic E-state index is 0.0733. The van der Waals surface area contributed by atoms with Gasteiger partial charge in [0.2, 0.25) is 5.91 Å². The van der Waals surface area contributed by atoms with Crippen LogP contribution in [0.25, 0.3) is 10.9 Å². The van der Waals surface area contributed by atoms with E-state index in [4.69, 9.17) is 12.2 Å². The zero-order valence-electron chi connectivity index (χ0n) is 11.5. The molecule has 0 aliphatic rings. The Morgan fingerprint density at radius 2 is 2.10 bits per heavy atom. The third-order valence-corrected chi connectivity index (χ3v) is 2.94. The molecule has 0 aliphatic carbocycles. The average Bonchev–Trinajstić information content (AvgIpc) is 2.38. The molecule has 0 radical (unpaired) electrons. The number of rotatable bonds is 3. The van der Waals surface area contributed by atoms with E-state index in [9.17, 15) is 4.79 Å². The third-order valence-electron chi connectivity index (χ3n) is 2.74. The fraction of sp³-hybridized carbons (Fsp3) is 0.267. The maximum atomic E-state index is 11.7. The quantitative estimate of drug-likeness (QED) is 0.852. The summed E-state index contributed by atoms with van der Waals surface area (Å²) in [6, 6.07) is 9.57. The van der Waals surface area contributed by atoms with E-state index in [-0.39, 0.29) is 5.91 Å². The van der Waals surface area contributed by atoms with E-state index < -0.39 is 0 Å². The Hall–Kier alpha value is -2.01. The molecule has 104 valence electrons.